The molecular weight excluding hydrogens is 404 g/mol. The molecule has 0 saturated heterocycles. The predicted octanol–water partition coefficient (Wildman–Crippen LogP) is 4.83. The first-order valence-corrected chi connectivity index (χ1v) is 11.2. The highest BCUT2D eigenvalue weighted by Gasteiger charge is 2.51. The normalized spacial score (nSPS) is 17.9. The molecule has 1 fully saturated rings. The number of benzene rings is 2. The number of aromatic nitrogens is 1. The molecule has 0 atom stereocenters. The lowest BCUT2D eigenvalue weighted by Crippen LogP contribution is -2.58. The van der Waals surface area contributed by atoms with Crippen molar-refractivity contribution < 1.29 is 19.4 Å². The SMILES string of the molecule is O=C(O)c1ccc2n1CCN(C(=O)OCC1c3ccccc3-c3ccccc31)C21CCC1. The summed E-state index contributed by atoms with van der Waals surface area (Å²) in [7, 11) is 0. The molecule has 1 spiro atoms. The van der Waals surface area contributed by atoms with E-state index in [9.17, 15) is 14.7 Å². The molecule has 0 radical (unpaired) electrons. The van der Waals surface area contributed by atoms with E-state index < -0.39 is 11.5 Å². The number of nitrogens with zero attached hydrogens (tertiary/aromatic N) is 2. The zero-order chi connectivity index (χ0) is 21.9. The molecule has 1 N–H and O–H groups in total. The highest BCUT2D eigenvalue weighted by Crippen LogP contribution is 2.49. The number of ether oxygens (including phenoxy) is 1. The minimum absolute atomic E-state index is 0.0240. The number of carboxylic acids is 1. The van der Waals surface area contributed by atoms with Crippen LogP contribution in [0.1, 0.15) is 52.5 Å². The molecule has 6 rings (SSSR count). The number of rotatable bonds is 3. The third-order valence-electron chi connectivity index (χ3n) is 7.48. The first kappa shape index (κ1) is 19.2. The van der Waals surface area contributed by atoms with Crippen LogP contribution < -0.4 is 0 Å². The van der Waals surface area contributed by atoms with Gasteiger partial charge < -0.3 is 14.4 Å². The minimum atomic E-state index is -0.930. The van der Waals surface area contributed by atoms with E-state index in [1.165, 1.54) is 22.3 Å². The molecule has 6 heteroatoms. The van der Waals surface area contributed by atoms with E-state index in [0.29, 0.717) is 25.4 Å². The van der Waals surface area contributed by atoms with Crippen molar-refractivity contribution >= 4 is 12.1 Å². The van der Waals surface area contributed by atoms with Gasteiger partial charge in [0.1, 0.15) is 12.3 Å². The molecule has 6 nitrogen and oxygen atoms in total. The second kappa shape index (κ2) is 6.99. The molecule has 3 aliphatic rings. The van der Waals surface area contributed by atoms with E-state index in [1.54, 1.807) is 6.07 Å². The van der Waals surface area contributed by atoms with Crippen LogP contribution in [0.2, 0.25) is 0 Å². The Hall–Kier alpha value is -3.54. The van der Waals surface area contributed by atoms with Gasteiger partial charge in [-0.05, 0) is 53.6 Å². The second-order valence-electron chi connectivity index (χ2n) is 8.90. The van der Waals surface area contributed by atoms with Crippen LogP contribution in [0.5, 0.6) is 0 Å². The zero-order valence-corrected chi connectivity index (χ0v) is 17.7. The maximum atomic E-state index is 13.3. The fraction of sp³-hybridized carbons (Fsp3) is 0.308. The topological polar surface area (TPSA) is 71.8 Å². The van der Waals surface area contributed by atoms with Crippen LogP contribution in [0.4, 0.5) is 4.79 Å². The van der Waals surface area contributed by atoms with Gasteiger partial charge in [-0.3, -0.25) is 4.90 Å². The third-order valence-corrected chi connectivity index (χ3v) is 7.48. The van der Waals surface area contributed by atoms with Gasteiger partial charge in [-0.2, -0.15) is 0 Å². The summed E-state index contributed by atoms with van der Waals surface area (Å²) in [5.74, 6) is -0.906. The molecule has 162 valence electrons. The number of carbonyl (C=O) groups excluding carboxylic acids is 1. The highest BCUT2D eigenvalue weighted by atomic mass is 16.6. The first-order valence-electron chi connectivity index (χ1n) is 11.2. The monoisotopic (exact) mass is 428 g/mol. The molecule has 2 aromatic carbocycles. The Morgan fingerprint density at radius 3 is 2.19 bits per heavy atom. The minimum Gasteiger partial charge on any atom is -0.477 e. The van der Waals surface area contributed by atoms with Gasteiger partial charge in [0, 0.05) is 24.7 Å². The third kappa shape index (κ3) is 2.58. The number of carboxylic acid groups (broad SMARTS) is 1. The van der Waals surface area contributed by atoms with Crippen LogP contribution in [0.25, 0.3) is 11.1 Å². The standard InChI is InChI=1S/C26H24N2O4/c29-24(30)22-10-11-23-26(12-5-13-26)28(15-14-27(22)23)25(31)32-16-21-19-8-3-1-6-17(19)18-7-2-4-9-20(18)21/h1-4,6-11,21H,5,12-16H2,(H,29,30). The van der Waals surface area contributed by atoms with Crippen LogP contribution in [0.3, 0.4) is 0 Å². The summed E-state index contributed by atoms with van der Waals surface area (Å²) in [4.78, 5) is 26.7. The number of hydrogen-bond donors (Lipinski definition) is 1. The molecule has 0 unspecified atom stereocenters. The largest absolute Gasteiger partial charge is 0.477 e. The molecule has 1 aliphatic heterocycles. The Morgan fingerprint density at radius 1 is 0.938 bits per heavy atom. The van der Waals surface area contributed by atoms with Crippen molar-refractivity contribution in [2.45, 2.75) is 37.3 Å². The van der Waals surface area contributed by atoms with Crippen molar-refractivity contribution in [3.8, 4) is 11.1 Å². The van der Waals surface area contributed by atoms with E-state index in [2.05, 4.69) is 24.3 Å². The van der Waals surface area contributed by atoms with E-state index >= 15 is 0 Å². The molecule has 2 heterocycles. The average Bonchev–Trinajstić information content (AvgIpc) is 3.35. The average molecular weight is 428 g/mol. The summed E-state index contributed by atoms with van der Waals surface area (Å²) in [6, 6.07) is 20.1. The summed E-state index contributed by atoms with van der Waals surface area (Å²) >= 11 is 0. The second-order valence-corrected chi connectivity index (χ2v) is 8.90. The van der Waals surface area contributed by atoms with Crippen LogP contribution >= 0.6 is 0 Å². The Bertz CT molecular complexity index is 1190. The number of carbonyl (C=O) groups is 2. The lowest BCUT2D eigenvalue weighted by atomic mass is 9.72. The smallest absolute Gasteiger partial charge is 0.410 e. The quantitative estimate of drug-likeness (QED) is 0.649. The maximum Gasteiger partial charge on any atom is 0.410 e. The summed E-state index contributed by atoms with van der Waals surface area (Å²) in [5.41, 5.74) is 5.55. The van der Waals surface area contributed by atoms with E-state index in [1.807, 2.05) is 39.8 Å². The Balaban J connectivity index is 1.26. The molecule has 1 amide bonds. The molecular formula is C26H24N2O4. The van der Waals surface area contributed by atoms with Crippen molar-refractivity contribution in [2.75, 3.05) is 13.2 Å². The van der Waals surface area contributed by atoms with Gasteiger partial charge in [-0.15, -0.1) is 0 Å². The van der Waals surface area contributed by atoms with Gasteiger partial charge in [0.2, 0.25) is 0 Å². The van der Waals surface area contributed by atoms with E-state index in [-0.39, 0.29) is 12.0 Å². The van der Waals surface area contributed by atoms with Crippen molar-refractivity contribution in [2.24, 2.45) is 0 Å². The van der Waals surface area contributed by atoms with Gasteiger partial charge in [0.25, 0.3) is 0 Å². The lowest BCUT2D eigenvalue weighted by Gasteiger charge is -2.52. The number of fused-ring (bicyclic) bond motifs is 5. The van der Waals surface area contributed by atoms with Crippen LogP contribution in [0.15, 0.2) is 60.7 Å². The number of amides is 1. The van der Waals surface area contributed by atoms with Gasteiger partial charge in [0.05, 0.1) is 5.54 Å². The fourth-order valence-electron chi connectivity index (χ4n) is 5.83. The zero-order valence-electron chi connectivity index (χ0n) is 17.7. The summed E-state index contributed by atoms with van der Waals surface area (Å²) in [6.07, 6.45) is 2.37. The first-order chi connectivity index (χ1) is 15.6. The molecule has 32 heavy (non-hydrogen) atoms. The van der Waals surface area contributed by atoms with Gasteiger partial charge in [-0.25, -0.2) is 9.59 Å². The molecule has 1 aromatic heterocycles. The molecule has 1 saturated carbocycles. The molecule has 0 bridgehead atoms. The maximum absolute atomic E-state index is 13.3. The van der Waals surface area contributed by atoms with Gasteiger partial charge in [0.15, 0.2) is 0 Å². The summed E-state index contributed by atoms with van der Waals surface area (Å²) < 4.78 is 7.80. The summed E-state index contributed by atoms with van der Waals surface area (Å²) in [6.45, 7) is 1.22. The molecule has 2 aliphatic carbocycles. The van der Waals surface area contributed by atoms with Crippen molar-refractivity contribution in [3.05, 3.63) is 83.2 Å². The Kier molecular flexibility index (Phi) is 4.18. The highest BCUT2D eigenvalue weighted by molar-refractivity contribution is 5.86. The Labute approximate surface area is 186 Å². The Morgan fingerprint density at radius 2 is 1.59 bits per heavy atom. The van der Waals surface area contributed by atoms with Crippen molar-refractivity contribution in [3.63, 3.8) is 0 Å². The fourth-order valence-corrected chi connectivity index (χ4v) is 5.83. The van der Waals surface area contributed by atoms with Gasteiger partial charge in [-0.1, -0.05) is 48.5 Å². The van der Waals surface area contributed by atoms with Crippen molar-refractivity contribution in [1.82, 2.24) is 9.47 Å². The predicted molar refractivity (Wildman–Crippen MR) is 119 cm³/mol. The molecule has 3 aromatic rings. The lowest BCUT2D eigenvalue weighted by molar-refractivity contribution is -0.0160. The van der Waals surface area contributed by atoms with Gasteiger partial charge >= 0.3 is 12.1 Å². The van der Waals surface area contributed by atoms with Crippen LogP contribution in [0, 0.1) is 0 Å². The van der Waals surface area contributed by atoms with E-state index in [0.717, 1.165) is 25.0 Å². The number of aromatic carboxylic acids is 1. The number of hydrogen-bond acceptors (Lipinski definition) is 3. The van der Waals surface area contributed by atoms with Crippen molar-refractivity contribution in [1.29, 1.82) is 0 Å². The van der Waals surface area contributed by atoms with Crippen LogP contribution in [-0.2, 0) is 16.8 Å². The summed E-state index contributed by atoms with van der Waals surface area (Å²) in [5, 5.41) is 9.51. The van der Waals surface area contributed by atoms with E-state index in [4.69, 9.17) is 4.74 Å². The van der Waals surface area contributed by atoms with Crippen LogP contribution in [-0.4, -0.2) is 39.8 Å².